The first-order valence-corrected chi connectivity index (χ1v) is 11.0. The molecule has 2 N–H and O–H groups in total. The average molecular weight is 441 g/mol. The molecule has 0 aliphatic heterocycles. The second-order valence-corrected chi connectivity index (χ2v) is 8.62. The van der Waals surface area contributed by atoms with Crippen LogP contribution in [0.15, 0.2) is 70.9 Å². The minimum absolute atomic E-state index is 0.0636. The number of terminal acetylenes is 1. The molecule has 9 heteroatoms. The molecule has 2 aromatic carbocycles. The summed E-state index contributed by atoms with van der Waals surface area (Å²) in [5.41, 5.74) is 0.606. The number of esters is 1. The minimum Gasteiger partial charge on any atom is -0.423 e. The van der Waals surface area contributed by atoms with Crippen LogP contribution in [0.25, 0.3) is 0 Å². The van der Waals surface area contributed by atoms with Crippen LogP contribution < -0.4 is 14.8 Å². The lowest BCUT2D eigenvalue weighted by atomic mass is 10.2. The van der Waals surface area contributed by atoms with Gasteiger partial charge in [-0.05, 0) is 53.9 Å². The average Bonchev–Trinajstić information content (AvgIpc) is 3.29. The SMILES string of the molecule is C#CCNS(=O)(=O)c1cccc(C(=O)Oc2ccc(NC(=O)c3cccs3)cc2)c1. The van der Waals surface area contributed by atoms with Crippen molar-refractivity contribution in [3.05, 3.63) is 76.5 Å². The van der Waals surface area contributed by atoms with E-state index in [1.165, 1.54) is 47.7 Å². The topological polar surface area (TPSA) is 102 Å². The lowest BCUT2D eigenvalue weighted by Gasteiger charge is -2.08. The predicted octanol–water partition coefficient (Wildman–Crippen LogP) is 3.13. The van der Waals surface area contributed by atoms with E-state index in [2.05, 4.69) is 16.0 Å². The number of carbonyl (C=O) groups excluding carboxylic acids is 2. The van der Waals surface area contributed by atoms with Crippen molar-refractivity contribution >= 4 is 38.9 Å². The Hall–Kier alpha value is -3.45. The highest BCUT2D eigenvalue weighted by molar-refractivity contribution is 7.89. The van der Waals surface area contributed by atoms with Crippen LogP contribution in [0.2, 0.25) is 0 Å². The number of hydrogen-bond donors (Lipinski definition) is 2. The number of carbonyl (C=O) groups is 2. The summed E-state index contributed by atoms with van der Waals surface area (Å²) < 4.78 is 31.8. The van der Waals surface area contributed by atoms with E-state index >= 15 is 0 Å². The molecule has 0 saturated carbocycles. The zero-order chi connectivity index (χ0) is 21.6. The fraction of sp³-hybridized carbons (Fsp3) is 0.0476. The molecule has 0 spiro atoms. The first kappa shape index (κ1) is 21.3. The maximum atomic E-state index is 12.4. The van der Waals surface area contributed by atoms with Gasteiger partial charge in [-0.3, -0.25) is 4.79 Å². The maximum Gasteiger partial charge on any atom is 0.343 e. The standard InChI is InChI=1S/C21H16N2O5S2/c1-2-12-22-30(26,27)18-6-3-5-15(14-18)21(25)28-17-10-8-16(9-11-17)23-20(24)19-7-4-13-29-19/h1,3-11,13-14,22H,12H2,(H,23,24). The predicted molar refractivity (Wildman–Crippen MR) is 114 cm³/mol. The van der Waals surface area contributed by atoms with Gasteiger partial charge in [-0.25, -0.2) is 13.2 Å². The summed E-state index contributed by atoms with van der Waals surface area (Å²) >= 11 is 1.33. The Morgan fingerprint density at radius 3 is 2.50 bits per heavy atom. The van der Waals surface area contributed by atoms with Gasteiger partial charge in [0.15, 0.2) is 0 Å². The molecule has 3 rings (SSSR count). The molecule has 0 unspecified atom stereocenters. The van der Waals surface area contributed by atoms with E-state index in [-0.39, 0.29) is 28.7 Å². The number of amides is 1. The number of thiophene rings is 1. The number of nitrogens with one attached hydrogen (secondary N) is 2. The third-order valence-corrected chi connectivity index (χ3v) is 6.08. The molecule has 1 heterocycles. The highest BCUT2D eigenvalue weighted by Crippen LogP contribution is 2.20. The first-order valence-electron chi connectivity index (χ1n) is 8.59. The van der Waals surface area contributed by atoms with Gasteiger partial charge in [-0.2, -0.15) is 4.72 Å². The zero-order valence-corrected chi connectivity index (χ0v) is 17.1. The molecular weight excluding hydrogens is 424 g/mol. The van der Waals surface area contributed by atoms with Crippen LogP contribution in [0.3, 0.4) is 0 Å². The van der Waals surface area contributed by atoms with Gasteiger partial charge in [0.1, 0.15) is 5.75 Å². The Labute approximate surface area is 177 Å². The van der Waals surface area contributed by atoms with Crippen LogP contribution in [0, 0.1) is 12.3 Å². The van der Waals surface area contributed by atoms with Crippen molar-refractivity contribution in [3.63, 3.8) is 0 Å². The first-order chi connectivity index (χ1) is 14.4. The summed E-state index contributed by atoms with van der Waals surface area (Å²) in [5.74, 6) is 1.47. The van der Waals surface area contributed by atoms with E-state index in [0.29, 0.717) is 10.6 Å². The van der Waals surface area contributed by atoms with Gasteiger partial charge < -0.3 is 10.1 Å². The van der Waals surface area contributed by atoms with Gasteiger partial charge in [0, 0.05) is 5.69 Å². The molecule has 0 atom stereocenters. The van der Waals surface area contributed by atoms with Crippen molar-refractivity contribution in [3.8, 4) is 18.1 Å². The molecule has 1 aromatic heterocycles. The number of anilines is 1. The number of hydrogen-bond acceptors (Lipinski definition) is 6. The van der Waals surface area contributed by atoms with Crippen molar-refractivity contribution in [1.29, 1.82) is 0 Å². The molecule has 1 amide bonds. The molecule has 0 aliphatic carbocycles. The maximum absolute atomic E-state index is 12.4. The molecule has 7 nitrogen and oxygen atoms in total. The number of benzene rings is 2. The Kier molecular flexibility index (Phi) is 6.64. The molecule has 0 radical (unpaired) electrons. The lowest BCUT2D eigenvalue weighted by molar-refractivity contribution is 0.0734. The summed E-state index contributed by atoms with van der Waals surface area (Å²) in [5, 5.41) is 4.55. The molecule has 0 aliphatic rings. The van der Waals surface area contributed by atoms with Crippen molar-refractivity contribution in [2.75, 3.05) is 11.9 Å². The third kappa shape index (κ3) is 5.33. The molecule has 0 fully saturated rings. The molecule has 3 aromatic rings. The summed E-state index contributed by atoms with van der Waals surface area (Å²) in [6, 6.07) is 15.2. The van der Waals surface area contributed by atoms with Crippen LogP contribution in [-0.4, -0.2) is 26.8 Å². The van der Waals surface area contributed by atoms with Crippen LogP contribution in [-0.2, 0) is 10.0 Å². The van der Waals surface area contributed by atoms with Gasteiger partial charge in [-0.15, -0.1) is 17.8 Å². The molecule has 0 saturated heterocycles. The normalized spacial score (nSPS) is 10.8. The zero-order valence-electron chi connectivity index (χ0n) is 15.5. The van der Waals surface area contributed by atoms with E-state index in [1.54, 1.807) is 24.3 Å². The third-order valence-electron chi connectivity index (χ3n) is 3.81. The number of rotatable bonds is 7. The Morgan fingerprint density at radius 1 is 1.07 bits per heavy atom. The van der Waals surface area contributed by atoms with Gasteiger partial charge >= 0.3 is 5.97 Å². The van der Waals surface area contributed by atoms with Crippen molar-refractivity contribution in [1.82, 2.24) is 4.72 Å². The summed E-state index contributed by atoms with van der Waals surface area (Å²) in [6.07, 6.45) is 5.07. The Morgan fingerprint density at radius 2 is 1.83 bits per heavy atom. The second-order valence-electron chi connectivity index (χ2n) is 5.90. The van der Waals surface area contributed by atoms with Crippen LogP contribution in [0.4, 0.5) is 5.69 Å². The Bertz CT molecular complexity index is 1190. The monoisotopic (exact) mass is 440 g/mol. The summed E-state index contributed by atoms with van der Waals surface area (Å²) in [6.45, 7) is -0.160. The smallest absolute Gasteiger partial charge is 0.343 e. The molecule has 0 bridgehead atoms. The van der Waals surface area contributed by atoms with E-state index < -0.39 is 16.0 Å². The van der Waals surface area contributed by atoms with Crippen LogP contribution >= 0.6 is 11.3 Å². The molecule has 152 valence electrons. The fourth-order valence-corrected chi connectivity index (χ4v) is 3.98. The molecule has 30 heavy (non-hydrogen) atoms. The van der Waals surface area contributed by atoms with Gasteiger partial charge in [0.05, 0.1) is 21.9 Å². The highest BCUT2D eigenvalue weighted by Gasteiger charge is 2.17. The van der Waals surface area contributed by atoms with Gasteiger partial charge in [0.25, 0.3) is 5.91 Å². The van der Waals surface area contributed by atoms with E-state index in [0.717, 1.165) is 0 Å². The minimum atomic E-state index is -3.83. The van der Waals surface area contributed by atoms with Gasteiger partial charge in [0.2, 0.25) is 10.0 Å². The largest absolute Gasteiger partial charge is 0.423 e. The van der Waals surface area contributed by atoms with Gasteiger partial charge in [-0.1, -0.05) is 18.1 Å². The van der Waals surface area contributed by atoms with Crippen molar-refractivity contribution < 1.29 is 22.7 Å². The van der Waals surface area contributed by atoms with E-state index in [4.69, 9.17) is 11.2 Å². The van der Waals surface area contributed by atoms with Crippen molar-refractivity contribution in [2.45, 2.75) is 4.90 Å². The van der Waals surface area contributed by atoms with E-state index in [9.17, 15) is 18.0 Å². The lowest BCUT2D eigenvalue weighted by Crippen LogP contribution is -2.24. The van der Waals surface area contributed by atoms with Crippen LogP contribution in [0.5, 0.6) is 5.75 Å². The Balaban J connectivity index is 1.67. The fourth-order valence-electron chi connectivity index (χ4n) is 2.38. The number of sulfonamides is 1. The summed E-state index contributed by atoms with van der Waals surface area (Å²) in [7, 11) is -3.83. The second kappa shape index (κ2) is 9.37. The van der Waals surface area contributed by atoms with Crippen LogP contribution in [0.1, 0.15) is 20.0 Å². The van der Waals surface area contributed by atoms with E-state index in [1.807, 2.05) is 5.38 Å². The molecular formula is C21H16N2O5S2. The summed E-state index contributed by atoms with van der Waals surface area (Å²) in [4.78, 5) is 24.9. The quantitative estimate of drug-likeness (QED) is 0.334. The number of ether oxygens (including phenoxy) is 1. The van der Waals surface area contributed by atoms with Crippen molar-refractivity contribution in [2.24, 2.45) is 0 Å². The highest BCUT2D eigenvalue weighted by atomic mass is 32.2.